The van der Waals surface area contributed by atoms with Crippen LogP contribution in [0.4, 0.5) is 0 Å². The maximum atomic E-state index is 12.2. The van der Waals surface area contributed by atoms with E-state index in [1.54, 1.807) is 0 Å². The fraction of sp³-hybridized carbons (Fsp3) is 0.857. The van der Waals surface area contributed by atoms with Gasteiger partial charge in [-0.25, -0.2) is 0 Å². The lowest BCUT2D eigenvalue weighted by atomic mass is 9.74. The van der Waals surface area contributed by atoms with Gasteiger partial charge in [-0.05, 0) is 37.5 Å². The molecule has 0 heterocycles. The summed E-state index contributed by atoms with van der Waals surface area (Å²) in [6, 6.07) is 2.24. The minimum atomic E-state index is -0.784. The van der Waals surface area contributed by atoms with Gasteiger partial charge in [-0.2, -0.15) is 5.26 Å². The number of hydrogen-bond donors (Lipinski definition) is 2. The highest BCUT2D eigenvalue weighted by atomic mass is 16.3. The number of amides is 1. The molecule has 0 aromatic rings. The molecular weight excluding hydrogens is 228 g/mol. The number of carbonyl (C=O) groups is 1. The van der Waals surface area contributed by atoms with Crippen molar-refractivity contribution in [2.45, 2.75) is 51.4 Å². The Morgan fingerprint density at radius 1 is 1.22 bits per heavy atom. The van der Waals surface area contributed by atoms with E-state index in [-0.39, 0.29) is 17.9 Å². The van der Waals surface area contributed by atoms with Gasteiger partial charge < -0.3 is 10.4 Å². The van der Waals surface area contributed by atoms with Crippen LogP contribution in [-0.2, 0) is 4.79 Å². The van der Waals surface area contributed by atoms with Crippen LogP contribution >= 0.6 is 0 Å². The predicted molar refractivity (Wildman–Crippen MR) is 67.5 cm³/mol. The summed E-state index contributed by atoms with van der Waals surface area (Å²) in [4.78, 5) is 12.2. The van der Waals surface area contributed by atoms with Crippen LogP contribution in [0.2, 0.25) is 0 Å². The first-order chi connectivity index (χ1) is 8.66. The van der Waals surface area contributed by atoms with E-state index in [1.807, 2.05) is 0 Å². The Balaban J connectivity index is 1.89. The zero-order chi connectivity index (χ0) is 13.1. The SMILES string of the molecule is N#CC1(C(=O)NCC2(CCO)CC2)CCCCC1. The number of aliphatic hydroxyl groups excluding tert-OH is 1. The van der Waals surface area contributed by atoms with Gasteiger partial charge in [0.15, 0.2) is 0 Å². The molecule has 0 unspecified atom stereocenters. The molecule has 2 aliphatic rings. The summed E-state index contributed by atoms with van der Waals surface area (Å²) in [5, 5.41) is 21.3. The molecule has 0 spiro atoms. The van der Waals surface area contributed by atoms with Gasteiger partial charge >= 0.3 is 0 Å². The average Bonchev–Trinajstić information content (AvgIpc) is 3.17. The van der Waals surface area contributed by atoms with Crippen molar-refractivity contribution in [2.75, 3.05) is 13.2 Å². The summed E-state index contributed by atoms with van der Waals surface area (Å²) in [7, 11) is 0. The number of nitriles is 1. The normalized spacial score (nSPS) is 24.0. The third-order valence-electron chi connectivity index (χ3n) is 4.58. The first-order valence-corrected chi connectivity index (χ1v) is 6.97. The van der Waals surface area contributed by atoms with E-state index in [0.29, 0.717) is 19.4 Å². The number of nitrogens with zero attached hydrogens (tertiary/aromatic N) is 1. The molecule has 0 aliphatic heterocycles. The largest absolute Gasteiger partial charge is 0.396 e. The zero-order valence-corrected chi connectivity index (χ0v) is 10.9. The van der Waals surface area contributed by atoms with Gasteiger partial charge in [0.2, 0.25) is 5.91 Å². The van der Waals surface area contributed by atoms with Crippen molar-refractivity contribution < 1.29 is 9.90 Å². The molecule has 2 N–H and O–H groups in total. The summed E-state index contributed by atoms with van der Waals surface area (Å²) in [6.45, 7) is 0.801. The first kappa shape index (κ1) is 13.4. The molecular formula is C14H22N2O2. The maximum absolute atomic E-state index is 12.2. The molecule has 100 valence electrons. The summed E-state index contributed by atoms with van der Waals surface area (Å²) in [6.07, 6.45) is 7.38. The number of nitrogens with one attached hydrogen (secondary N) is 1. The Kier molecular flexibility index (Phi) is 3.91. The first-order valence-electron chi connectivity index (χ1n) is 6.97. The molecule has 2 rings (SSSR count). The summed E-state index contributed by atoms with van der Waals surface area (Å²) >= 11 is 0. The Hall–Kier alpha value is -1.08. The van der Waals surface area contributed by atoms with Gasteiger partial charge in [0.25, 0.3) is 0 Å². The minimum Gasteiger partial charge on any atom is -0.396 e. The van der Waals surface area contributed by atoms with Crippen LogP contribution in [0.3, 0.4) is 0 Å². The van der Waals surface area contributed by atoms with E-state index in [9.17, 15) is 10.1 Å². The lowest BCUT2D eigenvalue weighted by Gasteiger charge is -2.30. The van der Waals surface area contributed by atoms with Crippen LogP contribution in [0, 0.1) is 22.2 Å². The predicted octanol–water partition coefficient (Wildman–Crippen LogP) is 1.74. The van der Waals surface area contributed by atoms with Crippen molar-refractivity contribution in [3.05, 3.63) is 0 Å². The molecule has 0 radical (unpaired) electrons. The molecule has 0 saturated heterocycles. The van der Waals surface area contributed by atoms with E-state index in [2.05, 4.69) is 11.4 Å². The number of rotatable bonds is 5. The van der Waals surface area contributed by atoms with Crippen molar-refractivity contribution in [3.63, 3.8) is 0 Å². The van der Waals surface area contributed by atoms with Crippen molar-refractivity contribution in [2.24, 2.45) is 10.8 Å². The van der Waals surface area contributed by atoms with E-state index < -0.39 is 5.41 Å². The average molecular weight is 250 g/mol. The zero-order valence-electron chi connectivity index (χ0n) is 10.9. The second-order valence-electron chi connectivity index (χ2n) is 5.91. The fourth-order valence-corrected chi connectivity index (χ4v) is 2.91. The Bertz CT molecular complexity index is 349. The molecule has 2 fully saturated rings. The molecule has 2 saturated carbocycles. The lowest BCUT2D eigenvalue weighted by molar-refractivity contribution is -0.129. The summed E-state index contributed by atoms with van der Waals surface area (Å²) in [5.41, 5.74) is -0.663. The highest BCUT2D eigenvalue weighted by molar-refractivity contribution is 5.85. The topological polar surface area (TPSA) is 73.1 Å². The van der Waals surface area contributed by atoms with Gasteiger partial charge in [-0.1, -0.05) is 19.3 Å². The van der Waals surface area contributed by atoms with E-state index in [1.165, 1.54) is 0 Å². The maximum Gasteiger partial charge on any atom is 0.240 e. The van der Waals surface area contributed by atoms with Gasteiger partial charge in [0, 0.05) is 13.2 Å². The Morgan fingerprint density at radius 3 is 2.39 bits per heavy atom. The molecule has 4 heteroatoms. The molecule has 0 aromatic heterocycles. The third-order valence-corrected chi connectivity index (χ3v) is 4.58. The van der Waals surface area contributed by atoms with Crippen LogP contribution in [0.25, 0.3) is 0 Å². The van der Waals surface area contributed by atoms with E-state index >= 15 is 0 Å². The highest BCUT2D eigenvalue weighted by Crippen LogP contribution is 2.48. The highest BCUT2D eigenvalue weighted by Gasteiger charge is 2.45. The van der Waals surface area contributed by atoms with Crippen LogP contribution in [0.5, 0.6) is 0 Å². The third kappa shape index (κ3) is 2.67. The Labute approximate surface area is 108 Å². The van der Waals surface area contributed by atoms with Crippen molar-refractivity contribution in [3.8, 4) is 6.07 Å². The quantitative estimate of drug-likeness (QED) is 0.780. The summed E-state index contributed by atoms with van der Waals surface area (Å²) < 4.78 is 0. The van der Waals surface area contributed by atoms with Crippen LogP contribution in [-0.4, -0.2) is 24.2 Å². The smallest absolute Gasteiger partial charge is 0.240 e. The van der Waals surface area contributed by atoms with Gasteiger partial charge in [-0.3, -0.25) is 4.79 Å². The number of carbonyl (C=O) groups excluding carboxylic acids is 1. The standard InChI is InChI=1S/C14H22N2O2/c15-10-14(4-2-1-3-5-14)12(18)16-11-13(6-7-13)8-9-17/h17H,1-9,11H2,(H,16,18). The summed E-state index contributed by atoms with van der Waals surface area (Å²) in [5.74, 6) is -0.0890. The Morgan fingerprint density at radius 2 is 1.89 bits per heavy atom. The lowest BCUT2D eigenvalue weighted by Crippen LogP contribution is -2.43. The molecule has 1 amide bonds. The van der Waals surface area contributed by atoms with Gasteiger partial charge in [0.1, 0.15) is 5.41 Å². The van der Waals surface area contributed by atoms with Gasteiger partial charge in [0.05, 0.1) is 6.07 Å². The fourth-order valence-electron chi connectivity index (χ4n) is 2.91. The van der Waals surface area contributed by atoms with Crippen molar-refractivity contribution in [1.82, 2.24) is 5.32 Å². The second kappa shape index (κ2) is 5.27. The molecule has 4 nitrogen and oxygen atoms in total. The van der Waals surface area contributed by atoms with Crippen molar-refractivity contribution in [1.29, 1.82) is 5.26 Å². The van der Waals surface area contributed by atoms with Crippen LogP contribution in [0.15, 0.2) is 0 Å². The monoisotopic (exact) mass is 250 g/mol. The number of aliphatic hydroxyl groups is 1. The molecule has 0 atom stereocenters. The van der Waals surface area contributed by atoms with Crippen LogP contribution < -0.4 is 5.32 Å². The van der Waals surface area contributed by atoms with E-state index in [4.69, 9.17) is 5.11 Å². The van der Waals surface area contributed by atoms with Crippen LogP contribution in [0.1, 0.15) is 51.4 Å². The van der Waals surface area contributed by atoms with E-state index in [0.717, 1.165) is 38.5 Å². The molecule has 0 bridgehead atoms. The molecule has 18 heavy (non-hydrogen) atoms. The number of hydrogen-bond acceptors (Lipinski definition) is 3. The minimum absolute atomic E-state index is 0.0890. The van der Waals surface area contributed by atoms with Crippen molar-refractivity contribution >= 4 is 5.91 Å². The molecule has 0 aromatic carbocycles. The van der Waals surface area contributed by atoms with Gasteiger partial charge in [-0.15, -0.1) is 0 Å². The molecule has 2 aliphatic carbocycles. The second-order valence-corrected chi connectivity index (χ2v) is 5.91.